The van der Waals surface area contributed by atoms with Crippen molar-refractivity contribution in [1.82, 2.24) is 10.2 Å². The number of nitrogens with one attached hydrogen (secondary N) is 1. The fourth-order valence-corrected chi connectivity index (χ4v) is 4.35. The topological polar surface area (TPSA) is 46.1 Å². The molecule has 0 bridgehead atoms. The lowest BCUT2D eigenvalue weighted by Crippen LogP contribution is -2.39. The second-order valence-corrected chi connectivity index (χ2v) is 8.19. The fraction of sp³-hybridized carbons (Fsp3) is 0.480. The molecule has 2 fully saturated rings. The first kappa shape index (κ1) is 24.0. The lowest BCUT2D eigenvalue weighted by molar-refractivity contribution is -0.0390. The van der Waals surface area contributed by atoms with E-state index in [1.54, 1.807) is 0 Å². The lowest BCUT2D eigenvalue weighted by Gasteiger charge is -2.23. The summed E-state index contributed by atoms with van der Waals surface area (Å²) >= 11 is 0. The molecule has 0 amide bonds. The Morgan fingerprint density at radius 2 is 1.84 bits per heavy atom. The summed E-state index contributed by atoms with van der Waals surface area (Å²) in [7, 11) is 1.87. The van der Waals surface area contributed by atoms with Crippen molar-refractivity contribution in [2.45, 2.75) is 44.4 Å². The maximum Gasteiger partial charge on any atom is 0.193 e. The minimum atomic E-state index is 0. The first-order chi connectivity index (χ1) is 14.8. The molecule has 5 nitrogen and oxygen atoms in total. The minimum Gasteiger partial charge on any atom is -0.381 e. The van der Waals surface area contributed by atoms with Crippen LogP contribution >= 0.6 is 24.0 Å². The summed E-state index contributed by atoms with van der Waals surface area (Å²) in [6.07, 6.45) is 3.49. The molecule has 0 aromatic heterocycles. The van der Waals surface area contributed by atoms with E-state index in [0.29, 0.717) is 18.6 Å². The minimum absolute atomic E-state index is 0. The summed E-state index contributed by atoms with van der Waals surface area (Å²) in [5.41, 5.74) is 3.90. The van der Waals surface area contributed by atoms with Gasteiger partial charge < -0.3 is 19.7 Å². The van der Waals surface area contributed by atoms with Gasteiger partial charge in [0.1, 0.15) is 0 Å². The molecule has 1 N–H and O–H groups in total. The van der Waals surface area contributed by atoms with Crippen molar-refractivity contribution in [3.8, 4) is 0 Å². The number of nitrogens with zero attached hydrogens (tertiary/aromatic N) is 2. The number of likely N-dealkylation sites (tertiary alicyclic amines) is 1. The predicted molar refractivity (Wildman–Crippen MR) is 136 cm³/mol. The summed E-state index contributed by atoms with van der Waals surface area (Å²) in [5.74, 6) is 1.56. The number of guanidine groups is 1. The van der Waals surface area contributed by atoms with E-state index < -0.39 is 0 Å². The van der Waals surface area contributed by atoms with Gasteiger partial charge in [-0.1, -0.05) is 54.6 Å². The van der Waals surface area contributed by atoms with Crippen molar-refractivity contribution in [3.05, 3.63) is 71.3 Å². The van der Waals surface area contributed by atoms with Crippen LogP contribution in [0.15, 0.2) is 59.6 Å². The fourth-order valence-electron chi connectivity index (χ4n) is 4.35. The van der Waals surface area contributed by atoms with Crippen LogP contribution in [0.2, 0.25) is 0 Å². The Hall–Kier alpha value is -1.64. The highest BCUT2D eigenvalue weighted by Gasteiger charge is 2.25. The van der Waals surface area contributed by atoms with E-state index in [9.17, 15) is 0 Å². The van der Waals surface area contributed by atoms with Crippen LogP contribution in [0.1, 0.15) is 41.9 Å². The molecule has 0 aliphatic carbocycles. The Bertz CT molecular complexity index is 825. The standard InChI is InChI=1S/C25H33N3O2.HI/c1-26-25(28-13-10-23(18-28)22-8-3-2-4-9-22)27-17-20-6-5-7-21(16-20)19-30-24-11-14-29-15-12-24;/h2-9,16,23-24H,10-15,17-19H2,1H3,(H,26,27);1H. The first-order valence-corrected chi connectivity index (χ1v) is 11.1. The highest BCUT2D eigenvalue weighted by molar-refractivity contribution is 14.0. The summed E-state index contributed by atoms with van der Waals surface area (Å²) in [6.45, 7) is 5.12. The Morgan fingerprint density at radius 3 is 2.61 bits per heavy atom. The molecule has 2 aliphatic rings. The van der Waals surface area contributed by atoms with Gasteiger partial charge in [-0.2, -0.15) is 0 Å². The molecule has 2 heterocycles. The number of aliphatic imine (C=N–C) groups is 1. The van der Waals surface area contributed by atoms with E-state index in [1.807, 2.05) is 7.05 Å². The van der Waals surface area contributed by atoms with Gasteiger partial charge in [0.05, 0.1) is 12.7 Å². The number of hydrogen-bond acceptors (Lipinski definition) is 3. The quantitative estimate of drug-likeness (QED) is 0.335. The summed E-state index contributed by atoms with van der Waals surface area (Å²) in [4.78, 5) is 6.90. The summed E-state index contributed by atoms with van der Waals surface area (Å²) < 4.78 is 11.5. The number of rotatable bonds is 6. The molecule has 6 heteroatoms. The molecule has 31 heavy (non-hydrogen) atoms. The molecule has 168 valence electrons. The molecule has 0 saturated carbocycles. The third-order valence-corrected chi connectivity index (χ3v) is 6.07. The van der Waals surface area contributed by atoms with E-state index in [1.165, 1.54) is 23.1 Å². The number of benzene rings is 2. The van der Waals surface area contributed by atoms with Crippen LogP contribution in [0.25, 0.3) is 0 Å². The van der Waals surface area contributed by atoms with Gasteiger partial charge in [0.25, 0.3) is 0 Å². The Morgan fingerprint density at radius 1 is 1.06 bits per heavy atom. The van der Waals surface area contributed by atoms with Crippen LogP contribution in [0.4, 0.5) is 0 Å². The van der Waals surface area contributed by atoms with Gasteiger partial charge >= 0.3 is 0 Å². The maximum absolute atomic E-state index is 6.07. The predicted octanol–water partition coefficient (Wildman–Crippen LogP) is 4.57. The zero-order valence-corrected chi connectivity index (χ0v) is 20.7. The smallest absolute Gasteiger partial charge is 0.193 e. The highest BCUT2D eigenvalue weighted by Crippen LogP contribution is 2.26. The molecule has 0 spiro atoms. The lowest BCUT2D eigenvalue weighted by atomic mass is 9.99. The molecule has 0 radical (unpaired) electrons. The molecular formula is C25H34IN3O2. The van der Waals surface area contributed by atoms with Crippen LogP contribution in [0.3, 0.4) is 0 Å². The van der Waals surface area contributed by atoms with Crippen molar-refractivity contribution in [3.63, 3.8) is 0 Å². The van der Waals surface area contributed by atoms with Crippen molar-refractivity contribution >= 4 is 29.9 Å². The molecule has 1 atom stereocenters. The van der Waals surface area contributed by atoms with Gasteiger partial charge in [-0.25, -0.2) is 0 Å². The average Bonchev–Trinajstić information content (AvgIpc) is 3.30. The van der Waals surface area contributed by atoms with E-state index in [4.69, 9.17) is 9.47 Å². The van der Waals surface area contributed by atoms with Gasteiger partial charge in [0, 0.05) is 45.8 Å². The van der Waals surface area contributed by atoms with E-state index in [-0.39, 0.29) is 24.0 Å². The van der Waals surface area contributed by atoms with Crippen molar-refractivity contribution < 1.29 is 9.47 Å². The third kappa shape index (κ3) is 6.92. The normalized spacial score (nSPS) is 19.8. The zero-order valence-electron chi connectivity index (χ0n) is 18.3. The zero-order chi connectivity index (χ0) is 20.6. The molecule has 2 saturated heterocycles. The molecular weight excluding hydrogens is 501 g/mol. The monoisotopic (exact) mass is 535 g/mol. The molecule has 2 aromatic rings. The first-order valence-electron chi connectivity index (χ1n) is 11.1. The molecule has 4 rings (SSSR count). The van der Waals surface area contributed by atoms with Crippen LogP contribution in [0, 0.1) is 0 Å². The van der Waals surface area contributed by atoms with Gasteiger partial charge in [-0.3, -0.25) is 4.99 Å². The highest BCUT2D eigenvalue weighted by atomic mass is 127. The third-order valence-electron chi connectivity index (χ3n) is 6.07. The van der Waals surface area contributed by atoms with Gasteiger partial charge in [-0.05, 0) is 36.0 Å². The van der Waals surface area contributed by atoms with Crippen LogP contribution in [0.5, 0.6) is 0 Å². The largest absolute Gasteiger partial charge is 0.381 e. The van der Waals surface area contributed by atoms with Crippen molar-refractivity contribution in [2.24, 2.45) is 4.99 Å². The second kappa shape index (κ2) is 12.4. The summed E-state index contributed by atoms with van der Waals surface area (Å²) in [5, 5.41) is 3.55. The second-order valence-electron chi connectivity index (χ2n) is 8.19. The molecule has 1 unspecified atom stereocenters. The van der Waals surface area contributed by atoms with Gasteiger partial charge in [-0.15, -0.1) is 24.0 Å². The number of halogens is 1. The Labute approximate surface area is 203 Å². The van der Waals surface area contributed by atoms with E-state index in [2.05, 4.69) is 69.8 Å². The Balaban J connectivity index is 0.00000272. The van der Waals surface area contributed by atoms with Crippen molar-refractivity contribution in [1.29, 1.82) is 0 Å². The SMILES string of the molecule is CN=C(NCc1cccc(COC2CCOCC2)c1)N1CCC(c2ccccc2)C1.I. The number of ether oxygens (including phenoxy) is 2. The maximum atomic E-state index is 6.07. The van der Waals surface area contributed by atoms with Crippen LogP contribution < -0.4 is 5.32 Å². The van der Waals surface area contributed by atoms with Crippen molar-refractivity contribution in [2.75, 3.05) is 33.4 Å². The van der Waals surface area contributed by atoms with E-state index in [0.717, 1.165) is 51.6 Å². The summed E-state index contributed by atoms with van der Waals surface area (Å²) in [6, 6.07) is 19.5. The van der Waals surface area contributed by atoms with Crippen LogP contribution in [-0.4, -0.2) is 50.3 Å². The molecule has 2 aromatic carbocycles. The van der Waals surface area contributed by atoms with E-state index >= 15 is 0 Å². The average molecular weight is 535 g/mol. The van der Waals surface area contributed by atoms with Gasteiger partial charge in [0.15, 0.2) is 5.96 Å². The van der Waals surface area contributed by atoms with Crippen LogP contribution in [-0.2, 0) is 22.6 Å². The van der Waals surface area contributed by atoms with Gasteiger partial charge in [0.2, 0.25) is 0 Å². The molecule has 2 aliphatic heterocycles. The number of hydrogen-bond donors (Lipinski definition) is 1. The Kier molecular flexibility index (Phi) is 9.61.